The highest BCUT2D eigenvalue weighted by Crippen LogP contribution is 2.29. The van der Waals surface area contributed by atoms with Crippen molar-refractivity contribution in [2.24, 2.45) is 0 Å². The fraction of sp³-hybridized carbons (Fsp3) is 0.211. The molecule has 0 radical (unpaired) electrons. The Labute approximate surface area is 189 Å². The first-order valence-electron chi connectivity index (χ1n) is 9.46. The second kappa shape index (κ2) is 11.0. The van der Waals surface area contributed by atoms with Crippen LogP contribution in [0.2, 0.25) is 0 Å². The summed E-state index contributed by atoms with van der Waals surface area (Å²) in [7, 11) is 0. The lowest BCUT2D eigenvalue weighted by molar-refractivity contribution is -0.401. The van der Waals surface area contributed by atoms with Crippen LogP contribution in [0.4, 0.5) is 16.8 Å². The van der Waals surface area contributed by atoms with Crippen molar-refractivity contribution in [2.45, 2.75) is 0 Å². The van der Waals surface area contributed by atoms with Gasteiger partial charge in [0.1, 0.15) is 10.7 Å². The number of fused-ring (bicyclic) bond motifs is 1. The molecule has 1 aromatic carbocycles. The standard InChI is InChI=1S/C16H16N4O5.C3H2N2O2S/c21-9-7-19(8-10-22)16-11-3-1-2-4-12(11)17-15(18-16)13-5-6-14(25-13)20(23)24;6-5(7)3-4-1-2-8-3/h1-6,21-22H,7-10H2;1-2H. The molecule has 33 heavy (non-hydrogen) atoms. The minimum atomic E-state index is -0.630. The minimum Gasteiger partial charge on any atom is -0.397 e. The lowest BCUT2D eigenvalue weighted by Gasteiger charge is -2.23. The van der Waals surface area contributed by atoms with Crippen LogP contribution < -0.4 is 4.90 Å². The van der Waals surface area contributed by atoms with E-state index in [-0.39, 0.29) is 43.0 Å². The lowest BCUT2D eigenvalue weighted by atomic mass is 10.2. The van der Waals surface area contributed by atoms with Crippen LogP contribution in [0.5, 0.6) is 0 Å². The van der Waals surface area contributed by atoms with Gasteiger partial charge in [0.25, 0.3) is 0 Å². The maximum absolute atomic E-state index is 10.8. The van der Waals surface area contributed by atoms with Gasteiger partial charge in [0.05, 0.1) is 24.8 Å². The van der Waals surface area contributed by atoms with Crippen LogP contribution in [0.1, 0.15) is 0 Å². The number of hydrogen-bond acceptors (Lipinski definition) is 12. The first-order chi connectivity index (χ1) is 15.9. The maximum Gasteiger partial charge on any atom is 0.433 e. The predicted molar refractivity (Wildman–Crippen MR) is 119 cm³/mol. The first-order valence-corrected chi connectivity index (χ1v) is 10.3. The highest BCUT2D eigenvalue weighted by molar-refractivity contribution is 7.12. The zero-order chi connectivity index (χ0) is 23.8. The summed E-state index contributed by atoms with van der Waals surface area (Å²) < 4.78 is 5.19. The van der Waals surface area contributed by atoms with Gasteiger partial charge in [-0.1, -0.05) is 12.1 Å². The Hall–Kier alpha value is -4.01. The van der Waals surface area contributed by atoms with Crippen LogP contribution in [0.3, 0.4) is 0 Å². The van der Waals surface area contributed by atoms with E-state index in [1.54, 1.807) is 16.3 Å². The smallest absolute Gasteiger partial charge is 0.397 e. The Morgan fingerprint density at radius 1 is 1.00 bits per heavy atom. The molecule has 172 valence electrons. The van der Waals surface area contributed by atoms with Gasteiger partial charge in [-0.2, -0.15) is 0 Å². The number of furan rings is 1. The van der Waals surface area contributed by atoms with Crippen LogP contribution in [0, 0.1) is 20.2 Å². The first kappa shape index (κ1) is 23.6. The monoisotopic (exact) mass is 474 g/mol. The molecule has 0 bridgehead atoms. The van der Waals surface area contributed by atoms with Crippen molar-refractivity contribution in [1.29, 1.82) is 0 Å². The topological polar surface area (TPSA) is 182 Å². The Morgan fingerprint density at radius 3 is 2.27 bits per heavy atom. The molecule has 0 unspecified atom stereocenters. The molecule has 3 heterocycles. The normalized spacial score (nSPS) is 10.5. The van der Waals surface area contributed by atoms with Gasteiger partial charge in [-0.25, -0.2) is 9.97 Å². The summed E-state index contributed by atoms with van der Waals surface area (Å²) in [6.07, 6.45) is 1.41. The molecular weight excluding hydrogens is 456 g/mol. The molecular formula is C19H18N6O7S. The number of benzene rings is 1. The average molecular weight is 474 g/mol. The number of thiazole rings is 1. The van der Waals surface area contributed by atoms with Crippen molar-refractivity contribution in [3.8, 4) is 11.6 Å². The second-order valence-electron chi connectivity index (χ2n) is 6.29. The average Bonchev–Trinajstić information content (AvgIpc) is 3.51. The summed E-state index contributed by atoms with van der Waals surface area (Å²) in [4.78, 5) is 33.5. The summed E-state index contributed by atoms with van der Waals surface area (Å²) in [6.45, 7) is 0.332. The third kappa shape index (κ3) is 5.82. The third-order valence-electron chi connectivity index (χ3n) is 4.19. The number of nitrogens with zero attached hydrogens (tertiary/aromatic N) is 6. The van der Waals surface area contributed by atoms with E-state index >= 15 is 0 Å². The highest BCUT2D eigenvalue weighted by Gasteiger charge is 2.19. The van der Waals surface area contributed by atoms with Crippen LogP contribution in [0.15, 0.2) is 52.4 Å². The number of aromatic nitrogens is 3. The van der Waals surface area contributed by atoms with Gasteiger partial charge in [-0.3, -0.25) is 10.1 Å². The van der Waals surface area contributed by atoms with Crippen molar-refractivity contribution < 1.29 is 24.5 Å². The van der Waals surface area contributed by atoms with Crippen molar-refractivity contribution >= 4 is 39.1 Å². The molecule has 0 saturated carbocycles. The van der Waals surface area contributed by atoms with E-state index in [1.165, 1.54) is 18.3 Å². The number of anilines is 1. The Kier molecular flexibility index (Phi) is 7.91. The van der Waals surface area contributed by atoms with Gasteiger partial charge >= 0.3 is 11.0 Å². The molecule has 0 atom stereocenters. The number of aliphatic hydroxyl groups is 2. The molecule has 0 fully saturated rings. The highest BCUT2D eigenvalue weighted by atomic mass is 32.1. The molecule has 14 heteroatoms. The van der Waals surface area contributed by atoms with E-state index < -0.39 is 15.7 Å². The fourth-order valence-electron chi connectivity index (χ4n) is 2.83. The van der Waals surface area contributed by atoms with Gasteiger partial charge in [-0.05, 0) is 39.4 Å². The van der Waals surface area contributed by atoms with Gasteiger partial charge in [0.2, 0.25) is 0 Å². The lowest BCUT2D eigenvalue weighted by Crippen LogP contribution is -2.30. The predicted octanol–water partition coefficient (Wildman–Crippen LogP) is 2.64. The SMILES string of the molecule is O=[N+]([O-])c1ccc(-c2nc(N(CCO)CCO)c3ccccc3n2)o1.O=[N+]([O-])c1nccs1. The summed E-state index contributed by atoms with van der Waals surface area (Å²) in [6, 6.07) is 9.96. The van der Waals surface area contributed by atoms with Crippen molar-refractivity contribution in [3.05, 3.63) is 68.2 Å². The second-order valence-corrected chi connectivity index (χ2v) is 7.16. The molecule has 13 nitrogen and oxygen atoms in total. The molecule has 0 spiro atoms. The van der Waals surface area contributed by atoms with Crippen LogP contribution >= 0.6 is 11.3 Å². The van der Waals surface area contributed by atoms with Crippen LogP contribution in [-0.2, 0) is 0 Å². The largest absolute Gasteiger partial charge is 0.433 e. The quantitative estimate of drug-likeness (QED) is 0.283. The van der Waals surface area contributed by atoms with E-state index in [2.05, 4.69) is 15.0 Å². The van der Waals surface area contributed by atoms with Crippen molar-refractivity contribution in [3.63, 3.8) is 0 Å². The molecule has 4 aromatic rings. The number of rotatable bonds is 8. The number of hydrogen-bond donors (Lipinski definition) is 2. The molecule has 2 N–H and O–H groups in total. The van der Waals surface area contributed by atoms with E-state index in [4.69, 9.17) is 4.42 Å². The van der Waals surface area contributed by atoms with Crippen LogP contribution in [-0.4, -0.2) is 61.3 Å². The molecule has 0 amide bonds. The van der Waals surface area contributed by atoms with E-state index in [9.17, 15) is 30.4 Å². The van der Waals surface area contributed by atoms with Crippen molar-refractivity contribution in [2.75, 3.05) is 31.2 Å². The number of para-hydroxylation sites is 1. The third-order valence-corrected chi connectivity index (χ3v) is 4.91. The van der Waals surface area contributed by atoms with E-state index in [0.717, 1.165) is 16.7 Å². The summed E-state index contributed by atoms with van der Waals surface area (Å²) in [5.41, 5.74) is 0.627. The molecule has 0 aliphatic heterocycles. The van der Waals surface area contributed by atoms with Gasteiger partial charge < -0.3 is 29.6 Å². The van der Waals surface area contributed by atoms with Crippen molar-refractivity contribution in [1.82, 2.24) is 15.0 Å². The van der Waals surface area contributed by atoms with Crippen LogP contribution in [0.25, 0.3) is 22.5 Å². The number of aliphatic hydroxyl groups excluding tert-OH is 2. The summed E-state index contributed by atoms with van der Waals surface area (Å²) >= 11 is 1.02. The Morgan fingerprint density at radius 2 is 1.73 bits per heavy atom. The zero-order valence-electron chi connectivity index (χ0n) is 17.0. The van der Waals surface area contributed by atoms with Gasteiger partial charge in [-0.15, -0.1) is 0 Å². The number of nitro groups is 2. The molecule has 3 aromatic heterocycles. The van der Waals surface area contributed by atoms with E-state index in [0.29, 0.717) is 11.3 Å². The maximum atomic E-state index is 10.8. The minimum absolute atomic E-state index is 0.0509. The molecule has 0 aliphatic rings. The fourth-order valence-corrected chi connectivity index (χ4v) is 3.28. The van der Waals surface area contributed by atoms with Gasteiger partial charge in [0, 0.05) is 23.9 Å². The Balaban J connectivity index is 0.000000323. The van der Waals surface area contributed by atoms with E-state index in [1.807, 2.05) is 18.2 Å². The summed E-state index contributed by atoms with van der Waals surface area (Å²) in [5.74, 6) is 0.493. The summed E-state index contributed by atoms with van der Waals surface area (Å²) in [5, 5.41) is 41.5. The Bertz CT molecular complexity index is 1220. The zero-order valence-corrected chi connectivity index (χ0v) is 17.8. The molecule has 0 saturated heterocycles. The van der Waals surface area contributed by atoms with Gasteiger partial charge in [0.15, 0.2) is 17.8 Å². The molecule has 0 aliphatic carbocycles. The molecule has 4 rings (SSSR count).